The van der Waals surface area contributed by atoms with Crippen molar-refractivity contribution in [3.8, 4) is 5.88 Å². The average Bonchev–Trinajstić information content (AvgIpc) is 3.08. The normalized spacial score (nSPS) is 15.3. The van der Waals surface area contributed by atoms with Crippen LogP contribution in [-0.2, 0) is 6.42 Å². The maximum absolute atomic E-state index is 5.58. The highest BCUT2D eigenvalue weighted by Gasteiger charge is 2.25. The van der Waals surface area contributed by atoms with Crippen LogP contribution in [0.15, 0.2) is 0 Å². The Labute approximate surface area is 106 Å². The van der Waals surface area contributed by atoms with Crippen molar-refractivity contribution in [1.29, 1.82) is 0 Å². The molecule has 5 heteroatoms. The largest absolute Gasteiger partial charge is 0.477 e. The third-order valence-electron chi connectivity index (χ3n) is 3.56. The van der Waals surface area contributed by atoms with Crippen molar-refractivity contribution >= 4 is 5.65 Å². The third kappa shape index (κ3) is 1.83. The first-order valence-corrected chi connectivity index (χ1v) is 6.55. The molecule has 0 aromatic carbocycles. The first kappa shape index (κ1) is 11.4. The number of nitrogens with zero attached hydrogens (tertiary/aromatic N) is 4. The molecule has 2 heterocycles. The van der Waals surface area contributed by atoms with E-state index in [1.807, 2.05) is 25.3 Å². The van der Waals surface area contributed by atoms with Crippen LogP contribution in [0, 0.1) is 19.8 Å². The molecule has 18 heavy (non-hydrogen) atoms. The summed E-state index contributed by atoms with van der Waals surface area (Å²) in [5, 5.41) is 13.1. The summed E-state index contributed by atoms with van der Waals surface area (Å²) in [6, 6.07) is 0. The Morgan fingerprint density at radius 1 is 1.22 bits per heavy atom. The topological polar surface area (TPSA) is 52.3 Å². The lowest BCUT2D eigenvalue weighted by Gasteiger charge is -2.09. The molecule has 1 saturated carbocycles. The summed E-state index contributed by atoms with van der Waals surface area (Å²) < 4.78 is 7.44. The molecule has 1 fully saturated rings. The van der Waals surface area contributed by atoms with E-state index in [1.54, 1.807) is 0 Å². The summed E-state index contributed by atoms with van der Waals surface area (Å²) in [6.07, 6.45) is 3.58. The fourth-order valence-electron chi connectivity index (χ4n) is 2.13. The number of hydrogen-bond donors (Lipinski definition) is 0. The van der Waals surface area contributed by atoms with Gasteiger partial charge < -0.3 is 4.74 Å². The van der Waals surface area contributed by atoms with Gasteiger partial charge in [-0.05, 0) is 39.5 Å². The van der Waals surface area contributed by atoms with E-state index >= 15 is 0 Å². The van der Waals surface area contributed by atoms with Gasteiger partial charge in [0.15, 0.2) is 11.5 Å². The van der Waals surface area contributed by atoms with Crippen molar-refractivity contribution in [3.05, 3.63) is 17.0 Å². The van der Waals surface area contributed by atoms with E-state index in [4.69, 9.17) is 4.74 Å². The molecule has 0 unspecified atom stereocenters. The minimum atomic E-state index is 0.624. The number of aryl methyl sites for hydroxylation is 1. The minimum Gasteiger partial charge on any atom is -0.477 e. The van der Waals surface area contributed by atoms with E-state index in [-0.39, 0.29) is 0 Å². The van der Waals surface area contributed by atoms with Crippen LogP contribution in [0.25, 0.3) is 5.65 Å². The Morgan fingerprint density at radius 2 is 2.00 bits per heavy atom. The molecular weight excluding hydrogens is 228 g/mol. The Bertz CT molecular complexity index is 586. The maximum Gasteiger partial charge on any atom is 0.235 e. The summed E-state index contributed by atoms with van der Waals surface area (Å²) in [5.41, 5.74) is 3.00. The van der Waals surface area contributed by atoms with Crippen molar-refractivity contribution in [1.82, 2.24) is 19.8 Å². The molecule has 0 bridgehead atoms. The van der Waals surface area contributed by atoms with Gasteiger partial charge in [0, 0.05) is 17.5 Å². The second kappa shape index (κ2) is 4.23. The predicted molar refractivity (Wildman–Crippen MR) is 67.9 cm³/mol. The van der Waals surface area contributed by atoms with Crippen LogP contribution in [0.1, 0.15) is 36.7 Å². The van der Waals surface area contributed by atoms with E-state index in [2.05, 4.69) is 15.3 Å². The monoisotopic (exact) mass is 246 g/mol. The molecule has 0 N–H and O–H groups in total. The lowest BCUT2D eigenvalue weighted by Crippen LogP contribution is -2.07. The van der Waals surface area contributed by atoms with Crippen LogP contribution in [0.3, 0.4) is 0 Å². The maximum atomic E-state index is 5.58. The fourth-order valence-corrected chi connectivity index (χ4v) is 2.13. The van der Waals surface area contributed by atoms with Crippen LogP contribution < -0.4 is 4.74 Å². The molecule has 3 rings (SSSR count). The van der Waals surface area contributed by atoms with Gasteiger partial charge in [0.05, 0.1) is 6.61 Å². The van der Waals surface area contributed by atoms with Gasteiger partial charge in [0.1, 0.15) is 0 Å². The average molecular weight is 246 g/mol. The van der Waals surface area contributed by atoms with E-state index in [0.717, 1.165) is 34.9 Å². The van der Waals surface area contributed by atoms with Crippen LogP contribution in [-0.4, -0.2) is 26.4 Å². The van der Waals surface area contributed by atoms with Crippen molar-refractivity contribution in [3.63, 3.8) is 0 Å². The highest BCUT2D eigenvalue weighted by Crippen LogP contribution is 2.32. The lowest BCUT2D eigenvalue weighted by molar-refractivity contribution is 0.318. The van der Waals surface area contributed by atoms with Crippen LogP contribution in [0.2, 0.25) is 0 Å². The van der Waals surface area contributed by atoms with Gasteiger partial charge >= 0.3 is 0 Å². The molecule has 0 spiro atoms. The highest BCUT2D eigenvalue weighted by molar-refractivity contribution is 5.52. The summed E-state index contributed by atoms with van der Waals surface area (Å²) in [5.74, 6) is 2.42. The second-order valence-electron chi connectivity index (χ2n) is 4.99. The lowest BCUT2D eigenvalue weighted by atomic mass is 10.2. The third-order valence-corrected chi connectivity index (χ3v) is 3.56. The van der Waals surface area contributed by atoms with Crippen molar-refractivity contribution in [2.45, 2.75) is 40.0 Å². The Morgan fingerprint density at radius 3 is 2.67 bits per heavy atom. The molecule has 2 aromatic rings. The van der Waals surface area contributed by atoms with E-state index in [9.17, 15) is 0 Å². The molecule has 2 aromatic heterocycles. The number of aromatic nitrogens is 4. The van der Waals surface area contributed by atoms with Crippen LogP contribution >= 0.6 is 0 Å². The standard InChI is InChI=1S/C13H18N4O/c1-4-18-13-9(3)8(2)12-15-14-11(17(12)16-13)7-10-5-6-10/h10H,4-7H2,1-3H3. The first-order chi connectivity index (χ1) is 8.70. The first-order valence-electron chi connectivity index (χ1n) is 6.55. The van der Waals surface area contributed by atoms with E-state index in [0.29, 0.717) is 12.5 Å². The molecule has 0 saturated heterocycles. The Hall–Kier alpha value is -1.65. The van der Waals surface area contributed by atoms with Gasteiger partial charge in [-0.2, -0.15) is 4.52 Å². The van der Waals surface area contributed by atoms with Gasteiger partial charge in [0.25, 0.3) is 0 Å². The Balaban J connectivity index is 2.10. The zero-order chi connectivity index (χ0) is 12.7. The van der Waals surface area contributed by atoms with Gasteiger partial charge in [0.2, 0.25) is 5.88 Å². The minimum absolute atomic E-state index is 0.624. The molecule has 1 aliphatic rings. The molecule has 96 valence electrons. The molecule has 0 radical (unpaired) electrons. The molecule has 1 aliphatic carbocycles. The van der Waals surface area contributed by atoms with Gasteiger partial charge in [-0.3, -0.25) is 0 Å². The van der Waals surface area contributed by atoms with Crippen molar-refractivity contribution < 1.29 is 4.74 Å². The van der Waals surface area contributed by atoms with Gasteiger partial charge in [-0.15, -0.1) is 15.3 Å². The number of hydrogen-bond acceptors (Lipinski definition) is 4. The summed E-state index contributed by atoms with van der Waals surface area (Å²) in [7, 11) is 0. The predicted octanol–water partition coefficient (Wildman–Crippen LogP) is 2.09. The zero-order valence-corrected chi connectivity index (χ0v) is 11.1. The summed E-state index contributed by atoms with van der Waals surface area (Å²) in [6.45, 7) is 6.66. The quantitative estimate of drug-likeness (QED) is 0.829. The Kier molecular flexibility index (Phi) is 2.69. The summed E-state index contributed by atoms with van der Waals surface area (Å²) >= 11 is 0. The van der Waals surface area contributed by atoms with Crippen LogP contribution in [0.4, 0.5) is 0 Å². The molecule has 5 nitrogen and oxygen atoms in total. The SMILES string of the molecule is CCOc1nn2c(CC3CC3)nnc2c(C)c1C. The molecular formula is C13H18N4O. The number of rotatable bonds is 4. The molecule has 0 aliphatic heterocycles. The fraction of sp³-hybridized carbons (Fsp3) is 0.615. The van der Waals surface area contributed by atoms with E-state index < -0.39 is 0 Å². The summed E-state index contributed by atoms with van der Waals surface area (Å²) in [4.78, 5) is 0. The van der Waals surface area contributed by atoms with Crippen molar-refractivity contribution in [2.75, 3.05) is 6.61 Å². The van der Waals surface area contributed by atoms with Gasteiger partial charge in [-0.1, -0.05) is 0 Å². The van der Waals surface area contributed by atoms with Gasteiger partial charge in [-0.25, -0.2) is 0 Å². The number of ether oxygens (including phenoxy) is 1. The second-order valence-corrected chi connectivity index (χ2v) is 4.99. The number of fused-ring (bicyclic) bond motifs is 1. The zero-order valence-electron chi connectivity index (χ0n) is 11.1. The molecule has 0 amide bonds. The smallest absolute Gasteiger partial charge is 0.235 e. The highest BCUT2D eigenvalue weighted by atomic mass is 16.5. The van der Waals surface area contributed by atoms with Crippen molar-refractivity contribution in [2.24, 2.45) is 5.92 Å². The van der Waals surface area contributed by atoms with E-state index in [1.165, 1.54) is 12.8 Å². The molecule has 0 atom stereocenters. The van der Waals surface area contributed by atoms with Crippen LogP contribution in [0.5, 0.6) is 5.88 Å².